The molecule has 3 atom stereocenters. The van der Waals surface area contributed by atoms with Crippen molar-refractivity contribution in [2.45, 2.75) is 31.5 Å². The van der Waals surface area contributed by atoms with Gasteiger partial charge in [-0.3, -0.25) is 0 Å². The molecular weight excluding hydrogens is 308 g/mol. The number of ether oxygens (including phenoxy) is 3. The van der Waals surface area contributed by atoms with Gasteiger partial charge in [-0.2, -0.15) is 0 Å². The van der Waals surface area contributed by atoms with E-state index in [0.717, 1.165) is 11.1 Å². The minimum Gasteiger partial charge on any atom is -0.479 e. The molecule has 1 saturated heterocycles. The van der Waals surface area contributed by atoms with E-state index in [1.807, 2.05) is 60.7 Å². The van der Waals surface area contributed by atoms with Gasteiger partial charge in [0.05, 0.1) is 19.8 Å². The Hall–Kier alpha value is -2.21. The van der Waals surface area contributed by atoms with Crippen LogP contribution in [-0.2, 0) is 32.2 Å². The maximum Gasteiger partial charge on any atom is 0.335 e. The third-order valence-electron chi connectivity index (χ3n) is 3.94. The van der Waals surface area contributed by atoms with Crippen LogP contribution in [0.1, 0.15) is 11.1 Å². The second-order valence-corrected chi connectivity index (χ2v) is 5.69. The van der Waals surface area contributed by atoms with E-state index in [2.05, 4.69) is 0 Å². The minimum absolute atomic E-state index is 0.212. The summed E-state index contributed by atoms with van der Waals surface area (Å²) in [4.78, 5) is 11.4. The lowest BCUT2D eigenvalue weighted by Gasteiger charge is -2.21. The molecule has 1 N–H and O–H groups in total. The molecule has 0 aromatic heterocycles. The van der Waals surface area contributed by atoms with Gasteiger partial charge in [-0.25, -0.2) is 4.79 Å². The lowest BCUT2D eigenvalue weighted by molar-refractivity contribution is -0.155. The van der Waals surface area contributed by atoms with E-state index in [-0.39, 0.29) is 6.61 Å². The predicted octanol–water partition coefficient (Wildman–Crippen LogP) is 2.64. The van der Waals surface area contributed by atoms with Gasteiger partial charge >= 0.3 is 5.97 Å². The van der Waals surface area contributed by atoms with Crippen molar-refractivity contribution in [1.29, 1.82) is 0 Å². The summed E-state index contributed by atoms with van der Waals surface area (Å²) < 4.78 is 17.1. The highest BCUT2D eigenvalue weighted by Crippen LogP contribution is 2.23. The normalized spacial score (nSPS) is 23.2. The van der Waals surface area contributed by atoms with E-state index in [1.54, 1.807) is 0 Å². The Kier molecular flexibility index (Phi) is 5.59. The number of carboxylic acids is 1. The molecule has 0 bridgehead atoms. The van der Waals surface area contributed by atoms with E-state index >= 15 is 0 Å². The van der Waals surface area contributed by atoms with Crippen LogP contribution in [0, 0.1) is 0 Å². The van der Waals surface area contributed by atoms with E-state index in [0.29, 0.717) is 13.2 Å². The summed E-state index contributed by atoms with van der Waals surface area (Å²) >= 11 is 0. The molecule has 24 heavy (non-hydrogen) atoms. The molecule has 1 aliphatic heterocycles. The Balaban J connectivity index is 1.62. The first-order chi connectivity index (χ1) is 11.7. The smallest absolute Gasteiger partial charge is 0.335 e. The lowest BCUT2D eigenvalue weighted by Crippen LogP contribution is -2.39. The molecule has 3 rings (SSSR count). The number of hydrogen-bond acceptors (Lipinski definition) is 4. The number of aliphatic carboxylic acids is 1. The maximum absolute atomic E-state index is 11.4. The van der Waals surface area contributed by atoms with Crippen LogP contribution >= 0.6 is 0 Å². The fourth-order valence-electron chi connectivity index (χ4n) is 2.68. The molecule has 1 heterocycles. The third kappa shape index (κ3) is 4.20. The number of rotatable bonds is 7. The molecule has 0 unspecified atom stereocenters. The van der Waals surface area contributed by atoms with Crippen LogP contribution < -0.4 is 0 Å². The van der Waals surface area contributed by atoms with Gasteiger partial charge in [0.25, 0.3) is 0 Å². The summed E-state index contributed by atoms with van der Waals surface area (Å²) in [7, 11) is 0. The minimum atomic E-state index is -1.03. The number of hydrogen-bond donors (Lipinski definition) is 1. The van der Waals surface area contributed by atoms with Gasteiger partial charge in [-0.1, -0.05) is 60.7 Å². The summed E-state index contributed by atoms with van der Waals surface area (Å²) in [5.41, 5.74) is 2.01. The van der Waals surface area contributed by atoms with Crippen LogP contribution in [0.4, 0.5) is 0 Å². The number of carbonyl (C=O) groups is 1. The molecule has 0 spiro atoms. The standard InChI is InChI=1S/C19H20O5/c20-19(21)18-17(23-12-15-9-5-2-6-10-15)16(13-24-18)22-11-14-7-3-1-4-8-14/h1-10,16-18H,11-13H2,(H,20,21)/t16-,17+,18+/m1/s1. The van der Waals surface area contributed by atoms with Gasteiger partial charge in [0.15, 0.2) is 6.10 Å². The zero-order valence-electron chi connectivity index (χ0n) is 13.2. The fourth-order valence-corrected chi connectivity index (χ4v) is 2.68. The molecule has 126 valence electrons. The molecule has 0 amide bonds. The molecule has 0 aliphatic carbocycles. The van der Waals surface area contributed by atoms with Crippen LogP contribution in [0.15, 0.2) is 60.7 Å². The molecule has 2 aromatic carbocycles. The second-order valence-electron chi connectivity index (χ2n) is 5.69. The largest absolute Gasteiger partial charge is 0.479 e. The van der Waals surface area contributed by atoms with Crippen molar-refractivity contribution in [3.63, 3.8) is 0 Å². The number of benzene rings is 2. The van der Waals surface area contributed by atoms with Gasteiger partial charge < -0.3 is 19.3 Å². The summed E-state index contributed by atoms with van der Waals surface area (Å²) in [6.07, 6.45) is -2.05. The Bertz CT molecular complexity index is 643. The van der Waals surface area contributed by atoms with Gasteiger partial charge in [0, 0.05) is 0 Å². The summed E-state index contributed by atoms with van der Waals surface area (Å²) in [5.74, 6) is -1.03. The quantitative estimate of drug-likeness (QED) is 0.846. The highest BCUT2D eigenvalue weighted by Gasteiger charge is 2.43. The molecular formula is C19H20O5. The molecule has 5 heteroatoms. The summed E-state index contributed by atoms with van der Waals surface area (Å²) in [6.45, 7) is 0.930. The highest BCUT2D eigenvalue weighted by molar-refractivity contribution is 5.73. The van der Waals surface area contributed by atoms with Gasteiger partial charge in [0.1, 0.15) is 12.2 Å². The average molecular weight is 328 g/mol. The number of carboxylic acid groups (broad SMARTS) is 1. The maximum atomic E-state index is 11.4. The Morgan fingerprint density at radius 1 is 0.958 bits per heavy atom. The summed E-state index contributed by atoms with van der Waals surface area (Å²) in [5, 5.41) is 9.32. The van der Waals surface area contributed by atoms with Crippen LogP contribution in [0.3, 0.4) is 0 Å². The first-order valence-electron chi connectivity index (χ1n) is 7.89. The van der Waals surface area contributed by atoms with Gasteiger partial charge in [0.2, 0.25) is 0 Å². The average Bonchev–Trinajstić information content (AvgIpc) is 3.03. The van der Waals surface area contributed by atoms with Crippen LogP contribution in [0.25, 0.3) is 0 Å². The van der Waals surface area contributed by atoms with Gasteiger partial charge in [-0.05, 0) is 11.1 Å². The summed E-state index contributed by atoms with van der Waals surface area (Å²) in [6, 6.07) is 19.4. The van der Waals surface area contributed by atoms with Crippen molar-refractivity contribution in [3.05, 3.63) is 71.8 Å². The molecule has 1 aliphatic rings. The monoisotopic (exact) mass is 328 g/mol. The Morgan fingerprint density at radius 3 is 2.04 bits per heavy atom. The SMILES string of the molecule is O=C(O)[C@H]1OC[C@@H](OCc2ccccc2)[C@@H]1OCc1ccccc1. The Labute approximate surface area is 140 Å². The first kappa shape index (κ1) is 16.6. The Morgan fingerprint density at radius 2 is 1.50 bits per heavy atom. The molecule has 0 radical (unpaired) electrons. The fraction of sp³-hybridized carbons (Fsp3) is 0.316. The van der Waals surface area contributed by atoms with E-state index in [9.17, 15) is 9.90 Å². The van der Waals surface area contributed by atoms with Crippen molar-refractivity contribution in [3.8, 4) is 0 Å². The molecule has 0 saturated carbocycles. The second kappa shape index (κ2) is 8.06. The lowest BCUT2D eigenvalue weighted by atomic mass is 10.1. The van der Waals surface area contributed by atoms with E-state index in [1.165, 1.54) is 0 Å². The van der Waals surface area contributed by atoms with Crippen molar-refractivity contribution in [2.24, 2.45) is 0 Å². The van der Waals surface area contributed by atoms with Crippen LogP contribution in [0.5, 0.6) is 0 Å². The zero-order valence-corrected chi connectivity index (χ0v) is 13.2. The van der Waals surface area contributed by atoms with Crippen molar-refractivity contribution in [1.82, 2.24) is 0 Å². The predicted molar refractivity (Wildman–Crippen MR) is 87.4 cm³/mol. The van der Waals surface area contributed by atoms with Crippen molar-refractivity contribution >= 4 is 5.97 Å². The van der Waals surface area contributed by atoms with Gasteiger partial charge in [-0.15, -0.1) is 0 Å². The van der Waals surface area contributed by atoms with Crippen molar-refractivity contribution < 1.29 is 24.1 Å². The van der Waals surface area contributed by atoms with E-state index in [4.69, 9.17) is 14.2 Å². The van der Waals surface area contributed by atoms with Crippen LogP contribution in [-0.4, -0.2) is 36.0 Å². The highest BCUT2D eigenvalue weighted by atomic mass is 16.6. The molecule has 1 fully saturated rings. The van der Waals surface area contributed by atoms with Crippen molar-refractivity contribution in [2.75, 3.05) is 6.61 Å². The van der Waals surface area contributed by atoms with Crippen LogP contribution in [0.2, 0.25) is 0 Å². The topological polar surface area (TPSA) is 65.0 Å². The first-order valence-corrected chi connectivity index (χ1v) is 7.89. The zero-order chi connectivity index (χ0) is 16.8. The molecule has 5 nitrogen and oxygen atoms in total. The third-order valence-corrected chi connectivity index (χ3v) is 3.94. The van der Waals surface area contributed by atoms with E-state index < -0.39 is 24.3 Å². The molecule has 2 aromatic rings.